The molecule has 1 heterocycles. The molecular formula is C14H16ClN3O3. The van der Waals surface area contributed by atoms with E-state index in [-0.39, 0.29) is 5.69 Å². The second-order valence-corrected chi connectivity index (χ2v) is 5.23. The van der Waals surface area contributed by atoms with Gasteiger partial charge in [-0.2, -0.15) is 0 Å². The zero-order valence-corrected chi connectivity index (χ0v) is 12.3. The Bertz CT molecular complexity index is 640. The quantitative estimate of drug-likeness (QED) is 0.852. The van der Waals surface area contributed by atoms with Gasteiger partial charge in [-0.1, -0.05) is 35.0 Å². The first-order chi connectivity index (χ1) is 9.99. The van der Waals surface area contributed by atoms with Crippen LogP contribution in [0.2, 0.25) is 5.02 Å². The molecule has 2 N–H and O–H groups in total. The van der Waals surface area contributed by atoms with E-state index in [0.717, 1.165) is 5.56 Å². The number of nitrogens with zero attached hydrogens (tertiary/aromatic N) is 3. The number of carbonyl (C=O) groups is 1. The van der Waals surface area contributed by atoms with Gasteiger partial charge in [-0.3, -0.25) is 0 Å². The number of hydrogen-bond donors (Lipinski definition) is 2. The Morgan fingerprint density at radius 2 is 2.14 bits per heavy atom. The SMILES string of the molecule is CC(O)CCn1nnc(C(=O)O)c1Cc1ccccc1Cl. The summed E-state index contributed by atoms with van der Waals surface area (Å²) >= 11 is 6.12. The molecular weight excluding hydrogens is 294 g/mol. The van der Waals surface area contributed by atoms with E-state index in [1.807, 2.05) is 18.2 Å². The highest BCUT2D eigenvalue weighted by Crippen LogP contribution is 2.20. The molecule has 0 aliphatic heterocycles. The second-order valence-electron chi connectivity index (χ2n) is 4.82. The van der Waals surface area contributed by atoms with Gasteiger partial charge in [-0.25, -0.2) is 9.48 Å². The van der Waals surface area contributed by atoms with Crippen LogP contribution in [0.1, 0.15) is 35.1 Å². The number of hydrogen-bond acceptors (Lipinski definition) is 4. The molecule has 1 unspecified atom stereocenters. The molecule has 112 valence electrons. The minimum Gasteiger partial charge on any atom is -0.476 e. The molecule has 0 aliphatic carbocycles. The van der Waals surface area contributed by atoms with Crippen LogP contribution in [0.4, 0.5) is 0 Å². The van der Waals surface area contributed by atoms with Gasteiger partial charge in [0.15, 0.2) is 5.69 Å². The van der Waals surface area contributed by atoms with Gasteiger partial charge in [-0.15, -0.1) is 5.10 Å². The molecule has 21 heavy (non-hydrogen) atoms. The van der Waals surface area contributed by atoms with Gasteiger partial charge in [0.1, 0.15) is 0 Å². The largest absolute Gasteiger partial charge is 0.476 e. The lowest BCUT2D eigenvalue weighted by atomic mass is 10.1. The molecule has 0 bridgehead atoms. The Labute approximate surface area is 127 Å². The number of aryl methyl sites for hydroxylation is 1. The fourth-order valence-corrected chi connectivity index (χ4v) is 2.19. The number of aliphatic hydroxyl groups is 1. The third kappa shape index (κ3) is 3.80. The first kappa shape index (κ1) is 15.5. The average molecular weight is 310 g/mol. The van der Waals surface area contributed by atoms with E-state index in [2.05, 4.69) is 10.3 Å². The highest BCUT2D eigenvalue weighted by Gasteiger charge is 2.20. The van der Waals surface area contributed by atoms with Gasteiger partial charge in [0.25, 0.3) is 0 Å². The van der Waals surface area contributed by atoms with Crippen LogP contribution < -0.4 is 0 Å². The Kier molecular flexibility index (Phi) is 4.93. The number of benzene rings is 1. The van der Waals surface area contributed by atoms with Gasteiger partial charge in [0, 0.05) is 18.0 Å². The molecule has 2 rings (SSSR count). The molecule has 2 aromatic rings. The number of halogens is 1. The average Bonchev–Trinajstić information content (AvgIpc) is 2.82. The van der Waals surface area contributed by atoms with E-state index in [9.17, 15) is 15.0 Å². The van der Waals surface area contributed by atoms with E-state index in [4.69, 9.17) is 11.6 Å². The van der Waals surface area contributed by atoms with Crippen molar-refractivity contribution in [2.45, 2.75) is 32.4 Å². The maximum Gasteiger partial charge on any atom is 0.358 e. The zero-order valence-electron chi connectivity index (χ0n) is 11.5. The molecule has 0 amide bonds. The van der Waals surface area contributed by atoms with Crippen LogP contribution >= 0.6 is 11.6 Å². The lowest BCUT2D eigenvalue weighted by Crippen LogP contribution is -2.13. The van der Waals surface area contributed by atoms with Gasteiger partial charge in [0.05, 0.1) is 11.8 Å². The number of carboxylic acids is 1. The first-order valence-electron chi connectivity index (χ1n) is 6.56. The van der Waals surface area contributed by atoms with Crippen molar-refractivity contribution in [2.24, 2.45) is 0 Å². The molecule has 6 nitrogen and oxygen atoms in total. The molecule has 1 atom stereocenters. The molecule has 7 heteroatoms. The van der Waals surface area contributed by atoms with Crippen LogP contribution in [0.25, 0.3) is 0 Å². The Hall–Kier alpha value is -1.92. The summed E-state index contributed by atoms with van der Waals surface area (Å²) in [7, 11) is 0. The van der Waals surface area contributed by atoms with E-state index in [1.165, 1.54) is 4.68 Å². The number of carboxylic acid groups (broad SMARTS) is 1. The maximum atomic E-state index is 11.3. The van der Waals surface area contributed by atoms with Crippen LogP contribution in [-0.2, 0) is 13.0 Å². The predicted octanol–water partition coefficient (Wildman–Crippen LogP) is 1.99. The van der Waals surface area contributed by atoms with Crippen LogP contribution in [0.5, 0.6) is 0 Å². The zero-order chi connectivity index (χ0) is 15.4. The summed E-state index contributed by atoms with van der Waals surface area (Å²) < 4.78 is 1.51. The molecule has 0 aliphatic rings. The van der Waals surface area contributed by atoms with Crippen molar-refractivity contribution in [2.75, 3.05) is 0 Å². The molecule has 0 radical (unpaired) electrons. The number of aliphatic hydroxyl groups excluding tert-OH is 1. The summed E-state index contributed by atoms with van der Waals surface area (Å²) in [6, 6.07) is 7.24. The lowest BCUT2D eigenvalue weighted by molar-refractivity contribution is 0.0689. The number of rotatable bonds is 6. The van der Waals surface area contributed by atoms with Crippen LogP contribution in [-0.4, -0.2) is 37.3 Å². The Balaban J connectivity index is 2.33. The summed E-state index contributed by atoms with van der Waals surface area (Å²) in [5.41, 5.74) is 1.21. The predicted molar refractivity (Wildman–Crippen MR) is 77.5 cm³/mol. The van der Waals surface area contributed by atoms with Crippen LogP contribution in [0.3, 0.4) is 0 Å². The fraction of sp³-hybridized carbons (Fsp3) is 0.357. The van der Waals surface area contributed by atoms with Crippen molar-refractivity contribution < 1.29 is 15.0 Å². The molecule has 1 aromatic carbocycles. The van der Waals surface area contributed by atoms with Crippen molar-refractivity contribution >= 4 is 17.6 Å². The van der Waals surface area contributed by atoms with Gasteiger partial charge < -0.3 is 10.2 Å². The van der Waals surface area contributed by atoms with Crippen molar-refractivity contribution in [1.82, 2.24) is 15.0 Å². The Morgan fingerprint density at radius 1 is 1.43 bits per heavy atom. The number of aromatic nitrogens is 3. The number of aromatic carboxylic acids is 1. The second kappa shape index (κ2) is 6.69. The van der Waals surface area contributed by atoms with Crippen molar-refractivity contribution in [3.8, 4) is 0 Å². The topological polar surface area (TPSA) is 88.2 Å². The highest BCUT2D eigenvalue weighted by molar-refractivity contribution is 6.31. The smallest absolute Gasteiger partial charge is 0.358 e. The van der Waals surface area contributed by atoms with Crippen molar-refractivity contribution in [3.05, 3.63) is 46.2 Å². The van der Waals surface area contributed by atoms with Crippen molar-refractivity contribution in [1.29, 1.82) is 0 Å². The third-order valence-electron chi connectivity index (χ3n) is 3.11. The summed E-state index contributed by atoms with van der Waals surface area (Å²) in [5.74, 6) is -1.12. The van der Waals surface area contributed by atoms with Gasteiger partial charge >= 0.3 is 5.97 Å². The summed E-state index contributed by atoms with van der Waals surface area (Å²) in [4.78, 5) is 11.3. The third-order valence-corrected chi connectivity index (χ3v) is 3.48. The Morgan fingerprint density at radius 3 is 2.76 bits per heavy atom. The summed E-state index contributed by atoms with van der Waals surface area (Å²) in [6.07, 6.45) is 0.308. The highest BCUT2D eigenvalue weighted by atomic mass is 35.5. The molecule has 1 aromatic heterocycles. The summed E-state index contributed by atoms with van der Waals surface area (Å²) in [5, 5.41) is 26.7. The van der Waals surface area contributed by atoms with Crippen LogP contribution in [0, 0.1) is 0 Å². The monoisotopic (exact) mass is 309 g/mol. The minimum atomic E-state index is -1.12. The standard InChI is InChI=1S/C14H16ClN3O3/c1-9(19)6-7-18-12(13(14(20)21)16-17-18)8-10-4-2-3-5-11(10)15/h2-5,9,19H,6-8H2,1H3,(H,20,21). The van der Waals surface area contributed by atoms with E-state index in [0.29, 0.717) is 30.1 Å². The van der Waals surface area contributed by atoms with E-state index in [1.54, 1.807) is 13.0 Å². The molecule has 0 spiro atoms. The first-order valence-corrected chi connectivity index (χ1v) is 6.94. The van der Waals surface area contributed by atoms with Gasteiger partial charge in [0.2, 0.25) is 0 Å². The summed E-state index contributed by atoms with van der Waals surface area (Å²) in [6.45, 7) is 2.07. The molecule has 0 fully saturated rings. The van der Waals surface area contributed by atoms with E-state index >= 15 is 0 Å². The van der Waals surface area contributed by atoms with Crippen molar-refractivity contribution in [3.63, 3.8) is 0 Å². The fourth-order valence-electron chi connectivity index (χ4n) is 1.98. The van der Waals surface area contributed by atoms with Crippen LogP contribution in [0.15, 0.2) is 24.3 Å². The maximum absolute atomic E-state index is 11.3. The van der Waals surface area contributed by atoms with Gasteiger partial charge in [-0.05, 0) is 25.0 Å². The normalized spacial score (nSPS) is 12.3. The lowest BCUT2D eigenvalue weighted by Gasteiger charge is -2.09. The molecule has 0 saturated heterocycles. The molecule has 0 saturated carbocycles. The minimum absolute atomic E-state index is 0.0829. The van der Waals surface area contributed by atoms with E-state index < -0.39 is 12.1 Å².